The molecule has 18 heavy (non-hydrogen) atoms. The van der Waals surface area contributed by atoms with E-state index < -0.39 is 0 Å². The number of nitrogens with one attached hydrogen (secondary N) is 2. The average molecular weight is 246 g/mol. The first-order valence-electron chi connectivity index (χ1n) is 6.66. The van der Waals surface area contributed by atoms with Crippen molar-refractivity contribution < 1.29 is 4.39 Å². The number of rotatable bonds is 2. The van der Waals surface area contributed by atoms with Crippen molar-refractivity contribution in [1.29, 1.82) is 0 Å². The predicted octanol–water partition coefficient (Wildman–Crippen LogP) is 3.22. The number of aryl methyl sites for hydroxylation is 2. The van der Waals surface area contributed by atoms with Crippen molar-refractivity contribution in [2.75, 3.05) is 6.54 Å². The van der Waals surface area contributed by atoms with Gasteiger partial charge in [-0.3, -0.25) is 0 Å². The fourth-order valence-corrected chi connectivity index (χ4v) is 2.90. The van der Waals surface area contributed by atoms with Crippen LogP contribution in [0.5, 0.6) is 0 Å². The van der Waals surface area contributed by atoms with Crippen molar-refractivity contribution in [3.05, 3.63) is 34.8 Å². The summed E-state index contributed by atoms with van der Waals surface area (Å²) in [6.07, 6.45) is 3.36. The molecule has 0 spiro atoms. The third-order valence-corrected chi connectivity index (χ3v) is 4.07. The molecule has 3 rings (SSSR count). The fraction of sp³-hybridized carbons (Fsp3) is 0.467. The van der Waals surface area contributed by atoms with Gasteiger partial charge in [-0.15, -0.1) is 0 Å². The lowest BCUT2D eigenvalue weighted by atomic mass is 10.0. The number of hydrogen-bond acceptors (Lipinski definition) is 1. The molecular formula is C15H19FN2. The van der Waals surface area contributed by atoms with Crippen LogP contribution >= 0.6 is 0 Å². The molecule has 0 aliphatic carbocycles. The average Bonchev–Trinajstić information content (AvgIpc) is 2.92. The van der Waals surface area contributed by atoms with E-state index in [0.29, 0.717) is 11.6 Å². The van der Waals surface area contributed by atoms with Crippen molar-refractivity contribution in [2.45, 2.75) is 39.2 Å². The third-order valence-electron chi connectivity index (χ3n) is 4.07. The molecule has 0 amide bonds. The second kappa shape index (κ2) is 4.39. The van der Waals surface area contributed by atoms with Crippen LogP contribution < -0.4 is 5.32 Å². The summed E-state index contributed by atoms with van der Waals surface area (Å²) < 4.78 is 14.1. The molecule has 1 aliphatic rings. The van der Waals surface area contributed by atoms with Crippen LogP contribution in [0.4, 0.5) is 4.39 Å². The monoisotopic (exact) mass is 246 g/mol. The Morgan fingerprint density at radius 2 is 2.17 bits per heavy atom. The maximum Gasteiger partial charge on any atom is 0.147 e. The van der Waals surface area contributed by atoms with Gasteiger partial charge in [0.1, 0.15) is 5.82 Å². The Bertz CT molecular complexity index is 580. The molecular weight excluding hydrogens is 227 g/mol. The standard InChI is InChI=1S/C15H19FN2/c1-9-10(2)18-15-13(9)7-11(8-14(15)16)6-12-4-3-5-17-12/h7-8,12,17-18H,3-6H2,1-2H3. The quantitative estimate of drug-likeness (QED) is 0.836. The normalized spacial score (nSPS) is 19.8. The lowest BCUT2D eigenvalue weighted by Gasteiger charge is -2.10. The summed E-state index contributed by atoms with van der Waals surface area (Å²) in [6, 6.07) is 4.33. The Morgan fingerprint density at radius 1 is 1.33 bits per heavy atom. The highest BCUT2D eigenvalue weighted by Gasteiger charge is 2.16. The van der Waals surface area contributed by atoms with Crippen molar-refractivity contribution >= 4 is 10.9 Å². The van der Waals surface area contributed by atoms with Crippen LogP contribution in [0.25, 0.3) is 10.9 Å². The smallest absolute Gasteiger partial charge is 0.147 e. The van der Waals surface area contributed by atoms with Crippen LogP contribution in [0.1, 0.15) is 29.7 Å². The number of H-pyrrole nitrogens is 1. The van der Waals surface area contributed by atoms with E-state index in [9.17, 15) is 4.39 Å². The van der Waals surface area contributed by atoms with Gasteiger partial charge >= 0.3 is 0 Å². The largest absolute Gasteiger partial charge is 0.356 e. The molecule has 1 unspecified atom stereocenters. The minimum atomic E-state index is -0.128. The Balaban J connectivity index is 2.00. The second-order valence-corrected chi connectivity index (χ2v) is 5.37. The zero-order valence-electron chi connectivity index (χ0n) is 10.9. The van der Waals surface area contributed by atoms with E-state index in [-0.39, 0.29) is 5.82 Å². The minimum Gasteiger partial charge on any atom is -0.356 e. The van der Waals surface area contributed by atoms with Gasteiger partial charge in [-0.25, -0.2) is 4.39 Å². The number of aromatic nitrogens is 1. The Morgan fingerprint density at radius 3 is 2.89 bits per heavy atom. The molecule has 1 fully saturated rings. The van der Waals surface area contributed by atoms with E-state index in [0.717, 1.165) is 35.2 Å². The summed E-state index contributed by atoms with van der Waals surface area (Å²) in [4.78, 5) is 3.13. The lowest BCUT2D eigenvalue weighted by Crippen LogP contribution is -2.23. The molecule has 2 heterocycles. The highest BCUT2D eigenvalue weighted by molar-refractivity contribution is 5.85. The topological polar surface area (TPSA) is 27.8 Å². The van der Waals surface area contributed by atoms with Gasteiger partial charge in [0, 0.05) is 17.1 Å². The first kappa shape index (κ1) is 11.7. The summed E-state index contributed by atoms with van der Waals surface area (Å²) in [7, 11) is 0. The number of aromatic amines is 1. The molecule has 1 aromatic heterocycles. The second-order valence-electron chi connectivity index (χ2n) is 5.37. The molecule has 3 heteroatoms. The van der Waals surface area contributed by atoms with Gasteiger partial charge < -0.3 is 10.3 Å². The van der Waals surface area contributed by atoms with E-state index in [2.05, 4.69) is 16.4 Å². The molecule has 2 N–H and O–H groups in total. The molecule has 1 saturated heterocycles. The van der Waals surface area contributed by atoms with Crippen molar-refractivity contribution in [2.24, 2.45) is 0 Å². The summed E-state index contributed by atoms with van der Waals surface area (Å²) in [5, 5.41) is 4.49. The van der Waals surface area contributed by atoms with Crippen LogP contribution in [0, 0.1) is 19.7 Å². The summed E-state index contributed by atoms with van der Waals surface area (Å²) in [5.74, 6) is -0.128. The maximum atomic E-state index is 14.1. The van der Waals surface area contributed by atoms with Crippen LogP contribution in [-0.4, -0.2) is 17.6 Å². The first-order valence-corrected chi connectivity index (χ1v) is 6.66. The maximum absolute atomic E-state index is 14.1. The number of benzene rings is 1. The van der Waals surface area contributed by atoms with Gasteiger partial charge in [0.25, 0.3) is 0 Å². The van der Waals surface area contributed by atoms with Gasteiger partial charge in [0.15, 0.2) is 0 Å². The number of halogens is 1. The lowest BCUT2D eigenvalue weighted by molar-refractivity contribution is 0.596. The van der Waals surface area contributed by atoms with Crippen LogP contribution in [0.3, 0.4) is 0 Å². The number of fused-ring (bicyclic) bond motifs is 1. The van der Waals surface area contributed by atoms with Gasteiger partial charge in [-0.1, -0.05) is 0 Å². The van der Waals surface area contributed by atoms with E-state index in [1.165, 1.54) is 12.8 Å². The molecule has 0 saturated carbocycles. The Hall–Kier alpha value is -1.35. The molecule has 1 aromatic carbocycles. The summed E-state index contributed by atoms with van der Waals surface area (Å²) in [5.41, 5.74) is 3.96. The zero-order valence-corrected chi connectivity index (χ0v) is 10.9. The third kappa shape index (κ3) is 1.93. The van der Waals surface area contributed by atoms with Crippen molar-refractivity contribution in [3.63, 3.8) is 0 Å². The van der Waals surface area contributed by atoms with Crippen LogP contribution in [0.2, 0.25) is 0 Å². The molecule has 1 atom stereocenters. The van der Waals surface area contributed by atoms with Gasteiger partial charge in [0.2, 0.25) is 0 Å². The molecule has 2 aromatic rings. The highest BCUT2D eigenvalue weighted by atomic mass is 19.1. The van der Waals surface area contributed by atoms with E-state index in [1.807, 2.05) is 13.8 Å². The highest BCUT2D eigenvalue weighted by Crippen LogP contribution is 2.26. The molecule has 0 bridgehead atoms. The Labute approximate surface area is 107 Å². The van der Waals surface area contributed by atoms with E-state index in [1.54, 1.807) is 6.07 Å². The van der Waals surface area contributed by atoms with E-state index >= 15 is 0 Å². The van der Waals surface area contributed by atoms with Crippen LogP contribution in [0.15, 0.2) is 12.1 Å². The van der Waals surface area contributed by atoms with E-state index in [4.69, 9.17) is 0 Å². The van der Waals surface area contributed by atoms with Gasteiger partial charge in [-0.2, -0.15) is 0 Å². The van der Waals surface area contributed by atoms with Gasteiger partial charge in [-0.05, 0) is 62.9 Å². The summed E-state index contributed by atoms with van der Waals surface area (Å²) in [6.45, 7) is 5.13. The zero-order chi connectivity index (χ0) is 12.7. The number of hydrogen-bond donors (Lipinski definition) is 2. The van der Waals surface area contributed by atoms with Crippen LogP contribution in [-0.2, 0) is 6.42 Å². The van der Waals surface area contributed by atoms with Crippen molar-refractivity contribution in [3.8, 4) is 0 Å². The molecule has 1 aliphatic heterocycles. The fourth-order valence-electron chi connectivity index (χ4n) is 2.90. The van der Waals surface area contributed by atoms with Gasteiger partial charge in [0.05, 0.1) is 5.52 Å². The minimum absolute atomic E-state index is 0.128. The Kier molecular flexibility index (Phi) is 2.86. The molecule has 0 radical (unpaired) electrons. The predicted molar refractivity (Wildman–Crippen MR) is 72.5 cm³/mol. The first-order chi connectivity index (χ1) is 8.65. The molecule has 2 nitrogen and oxygen atoms in total. The molecule has 96 valence electrons. The van der Waals surface area contributed by atoms with Crippen molar-refractivity contribution in [1.82, 2.24) is 10.3 Å². The summed E-state index contributed by atoms with van der Waals surface area (Å²) >= 11 is 0. The SMILES string of the molecule is Cc1[nH]c2c(F)cc(CC3CCCN3)cc2c1C.